The van der Waals surface area contributed by atoms with E-state index >= 15 is 0 Å². The molecule has 0 spiro atoms. The van der Waals surface area contributed by atoms with Crippen molar-refractivity contribution in [1.82, 2.24) is 9.55 Å². The third-order valence-corrected chi connectivity index (χ3v) is 6.47. The summed E-state index contributed by atoms with van der Waals surface area (Å²) in [6.07, 6.45) is 0.686. The van der Waals surface area contributed by atoms with Crippen LogP contribution in [0.3, 0.4) is 0 Å². The third-order valence-electron chi connectivity index (χ3n) is 5.38. The molecule has 0 saturated carbocycles. The first-order valence-corrected chi connectivity index (χ1v) is 11.8. The molecule has 3 aromatic rings. The fourth-order valence-corrected chi connectivity index (χ4v) is 4.52. The lowest BCUT2D eigenvalue weighted by Gasteiger charge is -2.19. The van der Waals surface area contributed by atoms with E-state index in [1.165, 1.54) is 11.8 Å². The smallest absolute Gasteiger partial charge is 0.262 e. The molecule has 1 heterocycles. The Bertz CT molecular complexity index is 1160. The Hall–Kier alpha value is -2.64. The van der Waals surface area contributed by atoms with Crippen LogP contribution in [0.4, 0.5) is 5.69 Å². The zero-order valence-corrected chi connectivity index (χ0v) is 20.2. The highest BCUT2D eigenvalue weighted by Crippen LogP contribution is 2.29. The standard InChI is InChI=1S/C25H31N3O3S/c1-16(2)19-12-8-10-17(3)22(19)27-23(29)18(4)32-25-26-21-13-7-6-11-20(21)24(30)28(25)14-9-15-31-5/h6-8,10-13,16,18H,9,14-15H2,1-5H3,(H,27,29). The van der Waals surface area contributed by atoms with E-state index in [-0.39, 0.29) is 11.5 Å². The number of carbonyl (C=O) groups is 1. The zero-order valence-electron chi connectivity index (χ0n) is 19.3. The van der Waals surface area contributed by atoms with Gasteiger partial charge in [-0.15, -0.1) is 0 Å². The summed E-state index contributed by atoms with van der Waals surface area (Å²) in [6.45, 7) is 9.09. The van der Waals surface area contributed by atoms with Crippen molar-refractivity contribution in [2.75, 3.05) is 19.0 Å². The molecule has 3 rings (SSSR count). The second-order valence-corrected chi connectivity index (χ2v) is 9.47. The molecule has 0 saturated heterocycles. The monoisotopic (exact) mass is 453 g/mol. The third kappa shape index (κ3) is 5.40. The van der Waals surface area contributed by atoms with Crippen LogP contribution in [0, 0.1) is 6.92 Å². The largest absolute Gasteiger partial charge is 0.385 e. The Kier molecular flexibility index (Phi) is 8.10. The molecule has 1 aromatic heterocycles. The van der Waals surface area contributed by atoms with Gasteiger partial charge >= 0.3 is 0 Å². The van der Waals surface area contributed by atoms with Crippen LogP contribution in [0.1, 0.15) is 44.2 Å². The number of nitrogens with one attached hydrogen (secondary N) is 1. The summed E-state index contributed by atoms with van der Waals surface area (Å²) in [6, 6.07) is 13.4. The lowest BCUT2D eigenvalue weighted by molar-refractivity contribution is -0.115. The molecule has 0 aliphatic rings. The average Bonchev–Trinajstić information content (AvgIpc) is 2.77. The number of methoxy groups -OCH3 is 1. The molecule has 0 aliphatic heterocycles. The van der Waals surface area contributed by atoms with E-state index in [1.807, 2.05) is 50.2 Å². The summed E-state index contributed by atoms with van der Waals surface area (Å²) >= 11 is 1.30. The van der Waals surface area contributed by atoms with Gasteiger partial charge in [-0.2, -0.15) is 0 Å². The van der Waals surface area contributed by atoms with Crippen molar-refractivity contribution in [1.29, 1.82) is 0 Å². The number of rotatable bonds is 9. The molecular formula is C25H31N3O3S. The van der Waals surface area contributed by atoms with Gasteiger partial charge in [-0.25, -0.2) is 4.98 Å². The molecule has 170 valence electrons. The van der Waals surface area contributed by atoms with E-state index in [0.29, 0.717) is 41.5 Å². The number of benzene rings is 2. The first-order chi connectivity index (χ1) is 15.3. The first kappa shape index (κ1) is 24.0. The number of carbonyl (C=O) groups excluding carboxylic acids is 1. The number of hydrogen-bond donors (Lipinski definition) is 1. The Labute approximate surface area is 193 Å². The molecule has 1 amide bonds. The number of ether oxygens (including phenoxy) is 1. The predicted octanol–water partition coefficient (Wildman–Crippen LogP) is 4.98. The average molecular weight is 454 g/mol. The quantitative estimate of drug-likeness (QED) is 0.281. The summed E-state index contributed by atoms with van der Waals surface area (Å²) < 4.78 is 6.81. The maximum atomic E-state index is 13.1. The minimum Gasteiger partial charge on any atom is -0.385 e. The van der Waals surface area contributed by atoms with Crippen molar-refractivity contribution in [2.24, 2.45) is 0 Å². The first-order valence-electron chi connectivity index (χ1n) is 10.9. The van der Waals surface area contributed by atoms with Crippen molar-refractivity contribution in [3.8, 4) is 0 Å². The van der Waals surface area contributed by atoms with Crippen LogP contribution in [0.15, 0.2) is 52.4 Å². The number of thioether (sulfide) groups is 1. The van der Waals surface area contributed by atoms with E-state index in [9.17, 15) is 9.59 Å². The van der Waals surface area contributed by atoms with Crippen LogP contribution in [-0.2, 0) is 16.1 Å². The Morgan fingerprint density at radius 1 is 1.16 bits per heavy atom. The zero-order chi connectivity index (χ0) is 23.3. The lowest BCUT2D eigenvalue weighted by Crippen LogP contribution is -2.28. The SMILES string of the molecule is COCCCn1c(SC(C)C(=O)Nc2c(C)cccc2C(C)C)nc2ccccc2c1=O. The van der Waals surface area contributed by atoms with Crippen LogP contribution in [0.5, 0.6) is 0 Å². The van der Waals surface area contributed by atoms with Crippen molar-refractivity contribution in [2.45, 2.75) is 57.0 Å². The Morgan fingerprint density at radius 3 is 2.62 bits per heavy atom. The molecule has 0 radical (unpaired) electrons. The molecular weight excluding hydrogens is 422 g/mol. The summed E-state index contributed by atoms with van der Waals surface area (Å²) in [5, 5.41) is 3.79. The van der Waals surface area contributed by atoms with Crippen LogP contribution < -0.4 is 10.9 Å². The Balaban J connectivity index is 1.89. The lowest BCUT2D eigenvalue weighted by atomic mass is 9.98. The fraction of sp³-hybridized carbons (Fsp3) is 0.400. The van der Waals surface area contributed by atoms with Crippen LogP contribution in [0.2, 0.25) is 0 Å². The van der Waals surface area contributed by atoms with Gasteiger partial charge in [0.1, 0.15) is 0 Å². The number of anilines is 1. The van der Waals surface area contributed by atoms with E-state index < -0.39 is 5.25 Å². The van der Waals surface area contributed by atoms with Gasteiger partial charge in [-0.1, -0.05) is 55.9 Å². The number of aromatic nitrogens is 2. The number of hydrogen-bond acceptors (Lipinski definition) is 5. The summed E-state index contributed by atoms with van der Waals surface area (Å²) in [7, 11) is 1.64. The highest BCUT2D eigenvalue weighted by molar-refractivity contribution is 8.00. The minimum atomic E-state index is -0.434. The van der Waals surface area contributed by atoms with Gasteiger partial charge < -0.3 is 10.1 Å². The molecule has 1 unspecified atom stereocenters. The minimum absolute atomic E-state index is 0.0946. The molecule has 32 heavy (non-hydrogen) atoms. The van der Waals surface area contributed by atoms with Crippen molar-refractivity contribution < 1.29 is 9.53 Å². The van der Waals surface area contributed by atoms with Gasteiger partial charge in [-0.3, -0.25) is 14.2 Å². The second kappa shape index (κ2) is 10.8. The summed E-state index contributed by atoms with van der Waals surface area (Å²) in [5.41, 5.74) is 3.54. The summed E-state index contributed by atoms with van der Waals surface area (Å²) in [5.74, 6) is 0.179. The van der Waals surface area contributed by atoms with E-state index in [4.69, 9.17) is 9.72 Å². The maximum Gasteiger partial charge on any atom is 0.262 e. The van der Waals surface area contributed by atoms with Crippen LogP contribution >= 0.6 is 11.8 Å². The number of fused-ring (bicyclic) bond motifs is 1. The van der Waals surface area contributed by atoms with Crippen LogP contribution in [0.25, 0.3) is 10.9 Å². The van der Waals surface area contributed by atoms with Gasteiger partial charge in [-0.05, 0) is 49.4 Å². The van der Waals surface area contributed by atoms with Crippen LogP contribution in [-0.4, -0.2) is 34.4 Å². The molecule has 1 N–H and O–H groups in total. The number of para-hydroxylation sites is 2. The highest BCUT2D eigenvalue weighted by Gasteiger charge is 2.21. The number of nitrogens with zero attached hydrogens (tertiary/aromatic N) is 2. The normalized spacial score (nSPS) is 12.3. The van der Waals surface area contributed by atoms with E-state index in [0.717, 1.165) is 16.8 Å². The predicted molar refractivity (Wildman–Crippen MR) is 132 cm³/mol. The number of amides is 1. The van der Waals surface area contributed by atoms with Gasteiger partial charge in [0.05, 0.1) is 16.2 Å². The molecule has 0 bridgehead atoms. The van der Waals surface area contributed by atoms with Gasteiger partial charge in [0, 0.05) is 25.9 Å². The highest BCUT2D eigenvalue weighted by atomic mass is 32.2. The molecule has 1 atom stereocenters. The van der Waals surface area contributed by atoms with Gasteiger partial charge in [0.15, 0.2) is 5.16 Å². The topological polar surface area (TPSA) is 73.2 Å². The van der Waals surface area contributed by atoms with E-state index in [2.05, 4.69) is 19.2 Å². The number of aryl methyl sites for hydroxylation is 1. The van der Waals surface area contributed by atoms with E-state index in [1.54, 1.807) is 17.7 Å². The fourth-order valence-electron chi connectivity index (χ4n) is 3.58. The van der Waals surface area contributed by atoms with Crippen molar-refractivity contribution in [3.63, 3.8) is 0 Å². The summed E-state index contributed by atoms with van der Waals surface area (Å²) in [4.78, 5) is 30.9. The van der Waals surface area contributed by atoms with Crippen molar-refractivity contribution >= 4 is 34.3 Å². The van der Waals surface area contributed by atoms with Gasteiger partial charge in [0.25, 0.3) is 5.56 Å². The molecule has 2 aromatic carbocycles. The molecule has 6 nitrogen and oxygen atoms in total. The van der Waals surface area contributed by atoms with Crippen molar-refractivity contribution in [3.05, 3.63) is 63.9 Å². The maximum absolute atomic E-state index is 13.1. The molecule has 7 heteroatoms. The molecule has 0 aliphatic carbocycles. The molecule has 0 fully saturated rings. The van der Waals surface area contributed by atoms with Gasteiger partial charge in [0.2, 0.25) is 5.91 Å². The Morgan fingerprint density at radius 2 is 1.91 bits per heavy atom. The second-order valence-electron chi connectivity index (χ2n) is 8.16.